The molecule has 2 amide bonds. The van der Waals surface area contributed by atoms with Gasteiger partial charge < -0.3 is 33.8 Å². The predicted molar refractivity (Wildman–Crippen MR) is 257 cm³/mol. The molecule has 5 fully saturated rings. The van der Waals surface area contributed by atoms with Crippen molar-refractivity contribution < 1.29 is 37.5 Å². The number of carbonyl (C=O) groups is 2. The molecular formula is C52H61F2N9O6. The van der Waals surface area contributed by atoms with E-state index in [2.05, 4.69) is 51.6 Å². The zero-order valence-electron chi connectivity index (χ0n) is 40.3. The van der Waals surface area contributed by atoms with E-state index in [4.69, 9.17) is 25.4 Å². The highest BCUT2D eigenvalue weighted by Gasteiger charge is 2.47. The van der Waals surface area contributed by atoms with Gasteiger partial charge in [-0.15, -0.1) is 6.42 Å². The lowest BCUT2D eigenvalue weighted by atomic mass is 9.72. The van der Waals surface area contributed by atoms with Crippen molar-refractivity contribution in [3.8, 4) is 35.4 Å². The first-order chi connectivity index (χ1) is 33.0. The number of phenolic OH excluding ortho intramolecular Hbond substituents is 1. The van der Waals surface area contributed by atoms with Crippen LogP contribution in [0, 0.1) is 35.3 Å². The van der Waals surface area contributed by atoms with Gasteiger partial charge in [0.15, 0.2) is 17.4 Å². The van der Waals surface area contributed by atoms with Crippen LogP contribution in [0.25, 0.3) is 32.9 Å². The van der Waals surface area contributed by atoms with Crippen LogP contribution in [0.2, 0.25) is 0 Å². The lowest BCUT2D eigenvalue weighted by Gasteiger charge is -2.54. The SMILES string of the molecule is C#Cc1c(F)ccc2cc(O)cc(-c3ncc4c(N5CC6CCC(C5)N6C(=O)OC(C)(C)C)nc(OCCN5CCC6(CC5)CN(c5cc(C(C(=O)N7CCCC7C)C(C)C)on5)C6)nc4c3F)c12. The minimum atomic E-state index is -0.807. The summed E-state index contributed by atoms with van der Waals surface area (Å²) in [5, 5.41) is 16.2. The average Bonchev–Trinajstić information content (AvgIpc) is 4.02. The Balaban J connectivity index is 0.852. The fraction of sp³-hybridized carbons (Fsp3) is 0.538. The molecule has 4 atom stereocenters. The molecule has 364 valence electrons. The molecular weight excluding hydrogens is 885 g/mol. The van der Waals surface area contributed by atoms with Gasteiger partial charge in [0.1, 0.15) is 46.7 Å². The van der Waals surface area contributed by atoms with Gasteiger partial charge in [0.05, 0.1) is 23.0 Å². The summed E-state index contributed by atoms with van der Waals surface area (Å²) in [6.45, 7) is 17.7. The van der Waals surface area contributed by atoms with Crippen LogP contribution < -0.4 is 14.5 Å². The third-order valence-corrected chi connectivity index (χ3v) is 15.0. The summed E-state index contributed by atoms with van der Waals surface area (Å²) in [6, 6.07) is 7.33. The summed E-state index contributed by atoms with van der Waals surface area (Å²) < 4.78 is 50.3. The Labute approximate surface area is 401 Å². The summed E-state index contributed by atoms with van der Waals surface area (Å²) in [7, 11) is 0. The second-order valence-corrected chi connectivity index (χ2v) is 21.2. The number of likely N-dealkylation sites (tertiary alicyclic amines) is 2. The van der Waals surface area contributed by atoms with E-state index in [1.807, 2.05) is 41.5 Å². The maximum absolute atomic E-state index is 17.2. The van der Waals surface area contributed by atoms with Crippen molar-refractivity contribution in [2.75, 3.05) is 68.8 Å². The fourth-order valence-corrected chi connectivity index (χ4v) is 11.5. The van der Waals surface area contributed by atoms with E-state index >= 15 is 8.78 Å². The number of anilines is 2. The number of aromatic nitrogens is 4. The van der Waals surface area contributed by atoms with Crippen molar-refractivity contribution in [1.29, 1.82) is 0 Å². The molecule has 2 aromatic carbocycles. The van der Waals surface area contributed by atoms with Gasteiger partial charge in [-0.3, -0.25) is 19.6 Å². The van der Waals surface area contributed by atoms with Gasteiger partial charge in [-0.05, 0) is 109 Å². The average molecular weight is 946 g/mol. The van der Waals surface area contributed by atoms with E-state index < -0.39 is 17.2 Å². The lowest BCUT2D eigenvalue weighted by Crippen LogP contribution is -2.60. The maximum atomic E-state index is 17.2. The molecule has 1 spiro atoms. The Hall–Kier alpha value is -6.28. The largest absolute Gasteiger partial charge is 0.508 e. The Morgan fingerprint density at radius 1 is 1.01 bits per heavy atom. The Kier molecular flexibility index (Phi) is 12.1. The van der Waals surface area contributed by atoms with Gasteiger partial charge in [-0.1, -0.05) is 31.0 Å². The molecule has 0 saturated carbocycles. The minimum absolute atomic E-state index is 0.0157. The Morgan fingerprint density at radius 2 is 1.75 bits per heavy atom. The van der Waals surface area contributed by atoms with Crippen LogP contribution in [-0.2, 0) is 9.53 Å². The number of amides is 2. The lowest BCUT2D eigenvalue weighted by molar-refractivity contribution is -0.134. The van der Waals surface area contributed by atoms with Crippen LogP contribution in [0.5, 0.6) is 11.8 Å². The first-order valence-electron chi connectivity index (χ1n) is 24.4. The topological polar surface area (TPSA) is 154 Å². The number of nitrogens with zero attached hydrogens (tertiary/aromatic N) is 9. The van der Waals surface area contributed by atoms with Crippen LogP contribution in [-0.4, -0.2) is 135 Å². The number of fused-ring (bicyclic) bond motifs is 4. The maximum Gasteiger partial charge on any atom is 0.410 e. The highest BCUT2D eigenvalue weighted by Crippen LogP contribution is 2.44. The molecule has 1 N–H and O–H groups in total. The van der Waals surface area contributed by atoms with Gasteiger partial charge in [0.2, 0.25) is 5.91 Å². The number of piperidine rings is 1. The smallest absolute Gasteiger partial charge is 0.410 e. The standard InChI is InChI=1S/C52H61F2N9O6/c1-8-36-39(53)14-11-32-22-35(64)23-37(43(32)36)45-44(54)46-38(25-55-45)47(60-26-33-12-13-34(27-60)63(33)50(66)68-51(5,6)7)57-49(56-46)67-21-20-59-18-15-52(16-19-59)28-61(29-52)41-24-40(69-58-41)42(30(2)3)48(65)62-17-9-10-31(62)4/h1,11,14,22-25,30-31,33-34,42,64H,9-10,12-13,15-21,26-29H2,2-7H3. The van der Waals surface area contributed by atoms with Crippen LogP contribution in [0.1, 0.15) is 97.3 Å². The van der Waals surface area contributed by atoms with E-state index in [9.17, 15) is 14.7 Å². The Bertz CT molecular complexity index is 2830. The zero-order chi connectivity index (χ0) is 48.5. The highest BCUT2D eigenvalue weighted by molar-refractivity contribution is 6.03. The second kappa shape index (κ2) is 17.9. The molecule has 2 bridgehead atoms. The molecule has 5 aliphatic heterocycles. The first kappa shape index (κ1) is 46.4. The van der Waals surface area contributed by atoms with Gasteiger partial charge in [-0.2, -0.15) is 9.97 Å². The van der Waals surface area contributed by atoms with Crippen molar-refractivity contribution in [3.05, 3.63) is 59.5 Å². The number of carbonyl (C=O) groups excluding carboxylic acids is 2. The third-order valence-electron chi connectivity index (χ3n) is 15.0. The number of hydrogen-bond acceptors (Lipinski definition) is 13. The molecule has 15 nitrogen and oxygen atoms in total. The van der Waals surface area contributed by atoms with Crippen LogP contribution >= 0.6 is 0 Å². The summed E-state index contributed by atoms with van der Waals surface area (Å²) in [5.41, 5.74) is -0.673. The van der Waals surface area contributed by atoms with Crippen molar-refractivity contribution in [3.63, 3.8) is 0 Å². The minimum Gasteiger partial charge on any atom is -0.508 e. The zero-order valence-corrected chi connectivity index (χ0v) is 40.3. The Morgan fingerprint density at radius 3 is 2.42 bits per heavy atom. The van der Waals surface area contributed by atoms with Gasteiger partial charge in [0.25, 0.3) is 0 Å². The fourth-order valence-electron chi connectivity index (χ4n) is 11.5. The normalized spacial score (nSPS) is 21.9. The molecule has 4 unspecified atom stereocenters. The van der Waals surface area contributed by atoms with E-state index in [1.54, 1.807) is 0 Å². The number of benzene rings is 2. The number of ether oxygens (including phenoxy) is 2. The molecule has 69 heavy (non-hydrogen) atoms. The molecule has 10 rings (SSSR count). The summed E-state index contributed by atoms with van der Waals surface area (Å²) >= 11 is 0. The molecule has 5 aliphatic rings. The van der Waals surface area contributed by atoms with Crippen LogP contribution in [0.4, 0.5) is 25.2 Å². The van der Waals surface area contributed by atoms with E-state index in [0.29, 0.717) is 42.0 Å². The number of pyridine rings is 1. The second-order valence-electron chi connectivity index (χ2n) is 21.2. The third kappa shape index (κ3) is 8.74. The summed E-state index contributed by atoms with van der Waals surface area (Å²) in [5.74, 6) is 2.45. The quantitative estimate of drug-likeness (QED) is 0.134. The van der Waals surface area contributed by atoms with Gasteiger partial charge in [-0.25, -0.2) is 13.6 Å². The van der Waals surface area contributed by atoms with Gasteiger partial charge >= 0.3 is 12.1 Å². The first-order valence-corrected chi connectivity index (χ1v) is 24.4. The monoisotopic (exact) mass is 945 g/mol. The number of phenols is 1. The van der Waals surface area contributed by atoms with Crippen molar-refractivity contribution in [1.82, 2.24) is 34.8 Å². The van der Waals surface area contributed by atoms with Crippen molar-refractivity contribution >= 4 is 45.3 Å². The molecule has 0 radical (unpaired) electrons. The number of hydrogen-bond donors (Lipinski definition) is 1. The highest BCUT2D eigenvalue weighted by atomic mass is 19.1. The molecule has 3 aromatic heterocycles. The summed E-state index contributed by atoms with van der Waals surface area (Å²) in [6.07, 6.45) is 12.5. The van der Waals surface area contributed by atoms with E-state index in [1.165, 1.54) is 30.5 Å². The van der Waals surface area contributed by atoms with E-state index in [0.717, 1.165) is 77.1 Å². The molecule has 5 aromatic rings. The predicted octanol–water partition coefficient (Wildman–Crippen LogP) is 8.12. The van der Waals surface area contributed by atoms with Crippen LogP contribution in [0.15, 0.2) is 41.1 Å². The number of halogens is 2. The van der Waals surface area contributed by atoms with Crippen molar-refractivity contribution in [2.24, 2.45) is 11.3 Å². The summed E-state index contributed by atoms with van der Waals surface area (Å²) in [4.78, 5) is 51.5. The van der Waals surface area contributed by atoms with Crippen LogP contribution in [0.3, 0.4) is 0 Å². The molecule has 5 saturated heterocycles. The molecule has 17 heteroatoms. The molecule has 0 aliphatic carbocycles. The van der Waals surface area contributed by atoms with Gasteiger partial charge in [0, 0.05) is 73.9 Å². The van der Waals surface area contributed by atoms with Crippen molar-refractivity contribution in [2.45, 2.75) is 110 Å². The number of aromatic hydroxyl groups is 1. The van der Waals surface area contributed by atoms with E-state index in [-0.39, 0.29) is 93.5 Å². The number of terminal acetylenes is 1. The number of rotatable bonds is 10. The molecule has 8 heterocycles. The number of piperazine rings is 1.